The van der Waals surface area contributed by atoms with E-state index in [4.69, 9.17) is 11.6 Å². The predicted octanol–water partition coefficient (Wildman–Crippen LogP) is 4.19. The maximum absolute atomic E-state index is 11.8. The first-order valence-electron chi connectivity index (χ1n) is 7.08. The van der Waals surface area contributed by atoms with E-state index in [0.29, 0.717) is 11.6 Å². The van der Waals surface area contributed by atoms with Gasteiger partial charge in [-0.25, -0.2) is 4.79 Å². The van der Waals surface area contributed by atoms with E-state index >= 15 is 0 Å². The first-order chi connectivity index (χ1) is 10.7. The van der Waals surface area contributed by atoms with Gasteiger partial charge in [0.1, 0.15) is 0 Å². The molecule has 2 aromatic carbocycles. The van der Waals surface area contributed by atoms with Crippen LogP contribution in [0.1, 0.15) is 5.56 Å². The number of anilines is 1. The van der Waals surface area contributed by atoms with Crippen LogP contribution in [0.5, 0.6) is 0 Å². The van der Waals surface area contributed by atoms with Gasteiger partial charge < -0.3 is 15.6 Å². The van der Waals surface area contributed by atoms with Crippen LogP contribution in [0.25, 0.3) is 10.9 Å². The summed E-state index contributed by atoms with van der Waals surface area (Å²) < 4.78 is 0. The van der Waals surface area contributed by atoms with Crippen LogP contribution in [-0.4, -0.2) is 17.6 Å². The number of benzene rings is 2. The number of hydrogen-bond acceptors (Lipinski definition) is 1. The lowest BCUT2D eigenvalue weighted by Crippen LogP contribution is -2.30. The van der Waals surface area contributed by atoms with E-state index in [2.05, 4.69) is 15.6 Å². The van der Waals surface area contributed by atoms with Crippen LogP contribution >= 0.6 is 11.6 Å². The summed E-state index contributed by atoms with van der Waals surface area (Å²) in [4.78, 5) is 15.0. The molecular formula is C17H16ClN3O. The molecule has 3 N–H and O–H groups in total. The smallest absolute Gasteiger partial charge is 0.319 e. The molecule has 3 rings (SSSR count). The highest BCUT2D eigenvalue weighted by molar-refractivity contribution is 6.31. The standard InChI is InChI=1S/C17H16ClN3O/c18-13-6-7-15-12(11-20-16(15)10-13)8-9-19-17(22)21-14-4-2-1-3-5-14/h1-7,10-11,20H,8-9H2,(H2,19,21,22). The Balaban J connectivity index is 1.55. The highest BCUT2D eigenvalue weighted by atomic mass is 35.5. The third-order valence-corrected chi connectivity index (χ3v) is 3.68. The summed E-state index contributed by atoms with van der Waals surface area (Å²) in [5.74, 6) is 0. The number of amides is 2. The number of fused-ring (bicyclic) bond motifs is 1. The molecule has 0 aliphatic carbocycles. The fourth-order valence-electron chi connectivity index (χ4n) is 2.37. The molecule has 2 amide bonds. The van der Waals surface area contributed by atoms with Gasteiger partial charge in [0.15, 0.2) is 0 Å². The molecule has 0 saturated carbocycles. The molecule has 0 saturated heterocycles. The minimum absolute atomic E-state index is 0.200. The zero-order chi connectivity index (χ0) is 15.4. The number of para-hydroxylation sites is 1. The lowest BCUT2D eigenvalue weighted by Gasteiger charge is -2.07. The third kappa shape index (κ3) is 3.40. The Bertz CT molecular complexity index is 783. The van der Waals surface area contributed by atoms with Crippen molar-refractivity contribution in [1.82, 2.24) is 10.3 Å². The SMILES string of the molecule is O=C(NCCc1c[nH]c2cc(Cl)ccc12)Nc1ccccc1. The summed E-state index contributed by atoms with van der Waals surface area (Å²) in [6.45, 7) is 0.564. The summed E-state index contributed by atoms with van der Waals surface area (Å²) >= 11 is 5.97. The normalized spacial score (nSPS) is 10.6. The van der Waals surface area contributed by atoms with E-state index in [1.54, 1.807) is 0 Å². The van der Waals surface area contributed by atoms with E-state index in [0.717, 1.165) is 28.6 Å². The highest BCUT2D eigenvalue weighted by Crippen LogP contribution is 2.22. The Morgan fingerprint density at radius 3 is 2.77 bits per heavy atom. The molecule has 0 radical (unpaired) electrons. The number of aromatic amines is 1. The number of urea groups is 1. The van der Waals surface area contributed by atoms with Gasteiger partial charge in [0.05, 0.1) is 0 Å². The number of H-pyrrole nitrogens is 1. The largest absolute Gasteiger partial charge is 0.361 e. The first-order valence-corrected chi connectivity index (χ1v) is 7.45. The third-order valence-electron chi connectivity index (χ3n) is 3.44. The fourth-order valence-corrected chi connectivity index (χ4v) is 2.54. The first kappa shape index (κ1) is 14.5. The second kappa shape index (κ2) is 6.54. The van der Waals surface area contributed by atoms with Crippen molar-refractivity contribution in [3.05, 3.63) is 65.3 Å². The molecule has 3 aromatic rings. The van der Waals surface area contributed by atoms with Crippen LogP contribution in [-0.2, 0) is 6.42 Å². The number of rotatable bonds is 4. The van der Waals surface area contributed by atoms with Crippen molar-refractivity contribution in [2.45, 2.75) is 6.42 Å². The van der Waals surface area contributed by atoms with Gasteiger partial charge in [0.2, 0.25) is 0 Å². The van der Waals surface area contributed by atoms with Crippen molar-refractivity contribution in [2.75, 3.05) is 11.9 Å². The quantitative estimate of drug-likeness (QED) is 0.664. The molecule has 112 valence electrons. The number of aromatic nitrogens is 1. The van der Waals surface area contributed by atoms with Crippen LogP contribution in [0.4, 0.5) is 10.5 Å². The van der Waals surface area contributed by atoms with Gasteiger partial charge in [-0.2, -0.15) is 0 Å². The second-order valence-electron chi connectivity index (χ2n) is 5.00. The zero-order valence-electron chi connectivity index (χ0n) is 11.9. The Labute approximate surface area is 133 Å². The van der Waals surface area contributed by atoms with Gasteiger partial charge in [0.25, 0.3) is 0 Å². The molecule has 22 heavy (non-hydrogen) atoms. The topological polar surface area (TPSA) is 56.9 Å². The summed E-state index contributed by atoms with van der Waals surface area (Å²) in [5.41, 5.74) is 2.95. The van der Waals surface area contributed by atoms with E-state index in [1.165, 1.54) is 0 Å². The summed E-state index contributed by atoms with van der Waals surface area (Å²) in [7, 11) is 0. The van der Waals surface area contributed by atoms with Gasteiger partial charge in [-0.15, -0.1) is 0 Å². The van der Waals surface area contributed by atoms with Crippen LogP contribution in [0.15, 0.2) is 54.7 Å². The number of carbonyl (C=O) groups is 1. The van der Waals surface area contributed by atoms with E-state index in [1.807, 2.05) is 54.7 Å². The minimum atomic E-state index is -0.200. The predicted molar refractivity (Wildman–Crippen MR) is 90.5 cm³/mol. The molecule has 5 heteroatoms. The van der Waals surface area contributed by atoms with Crippen molar-refractivity contribution in [1.29, 1.82) is 0 Å². The summed E-state index contributed by atoms with van der Waals surface area (Å²) in [6.07, 6.45) is 2.71. The van der Waals surface area contributed by atoms with Gasteiger partial charge >= 0.3 is 6.03 Å². The fraction of sp³-hybridized carbons (Fsp3) is 0.118. The van der Waals surface area contributed by atoms with E-state index < -0.39 is 0 Å². The average molecular weight is 314 g/mol. The molecule has 0 bridgehead atoms. The lowest BCUT2D eigenvalue weighted by molar-refractivity contribution is 0.252. The summed E-state index contributed by atoms with van der Waals surface area (Å²) in [6, 6.07) is 14.9. The maximum Gasteiger partial charge on any atom is 0.319 e. The number of carbonyl (C=O) groups excluding carboxylic acids is 1. The molecule has 0 atom stereocenters. The Morgan fingerprint density at radius 1 is 1.14 bits per heavy atom. The number of hydrogen-bond donors (Lipinski definition) is 3. The molecule has 0 spiro atoms. The number of halogens is 1. The maximum atomic E-state index is 11.8. The van der Waals surface area contributed by atoms with Crippen LogP contribution in [0, 0.1) is 0 Å². The van der Waals surface area contributed by atoms with Crippen LogP contribution < -0.4 is 10.6 Å². The van der Waals surface area contributed by atoms with Gasteiger partial charge in [-0.3, -0.25) is 0 Å². The molecule has 1 aromatic heterocycles. The minimum Gasteiger partial charge on any atom is -0.361 e. The lowest BCUT2D eigenvalue weighted by atomic mass is 10.1. The van der Waals surface area contributed by atoms with E-state index in [-0.39, 0.29) is 6.03 Å². The molecule has 0 aliphatic rings. The van der Waals surface area contributed by atoms with Crippen LogP contribution in [0.2, 0.25) is 5.02 Å². The molecule has 0 unspecified atom stereocenters. The Kier molecular flexibility index (Phi) is 4.30. The molecule has 1 heterocycles. The second-order valence-corrected chi connectivity index (χ2v) is 5.44. The van der Waals surface area contributed by atoms with Crippen molar-refractivity contribution < 1.29 is 4.79 Å². The van der Waals surface area contributed by atoms with E-state index in [9.17, 15) is 4.79 Å². The monoisotopic (exact) mass is 313 g/mol. The van der Waals surface area contributed by atoms with Crippen LogP contribution in [0.3, 0.4) is 0 Å². The molecular weight excluding hydrogens is 298 g/mol. The van der Waals surface area contributed by atoms with Crippen molar-refractivity contribution in [2.24, 2.45) is 0 Å². The van der Waals surface area contributed by atoms with Gasteiger partial charge in [-0.1, -0.05) is 35.9 Å². The van der Waals surface area contributed by atoms with Gasteiger partial charge in [0, 0.05) is 34.4 Å². The number of nitrogens with one attached hydrogen (secondary N) is 3. The Hall–Kier alpha value is -2.46. The zero-order valence-corrected chi connectivity index (χ0v) is 12.7. The molecule has 0 aliphatic heterocycles. The highest BCUT2D eigenvalue weighted by Gasteiger charge is 2.05. The summed E-state index contributed by atoms with van der Waals surface area (Å²) in [5, 5.41) is 7.49. The van der Waals surface area contributed by atoms with Crippen molar-refractivity contribution in [3.8, 4) is 0 Å². The Morgan fingerprint density at radius 2 is 1.95 bits per heavy atom. The van der Waals surface area contributed by atoms with Crippen molar-refractivity contribution >= 4 is 34.2 Å². The molecule has 0 fully saturated rings. The average Bonchev–Trinajstić information content (AvgIpc) is 2.90. The van der Waals surface area contributed by atoms with Crippen molar-refractivity contribution in [3.63, 3.8) is 0 Å². The van der Waals surface area contributed by atoms with Gasteiger partial charge in [-0.05, 0) is 36.2 Å². The molecule has 4 nitrogen and oxygen atoms in total.